The third kappa shape index (κ3) is 5.17. The first-order valence-corrected chi connectivity index (χ1v) is 10.5. The number of halogens is 1. The molecule has 1 heterocycles. The maximum atomic E-state index is 13.1. The van der Waals surface area contributed by atoms with Crippen LogP contribution in [-0.4, -0.2) is 47.8 Å². The Morgan fingerprint density at radius 2 is 1.90 bits per heavy atom. The molecule has 2 aromatic carbocycles. The summed E-state index contributed by atoms with van der Waals surface area (Å²) in [4.78, 5) is 19.4. The molecular formula is C23H26ClN3O4. The third-order valence-electron chi connectivity index (χ3n) is 5.16. The molecule has 0 unspecified atom stereocenters. The standard InChI is InChI=1S/C23H26ClN3O4/c1-5-15(2)27(23(28)17-8-6-7-9-18(17)24)13-12-21-25-22(26-31-21)16-10-11-19(29-3)20(14-16)30-4/h6-11,14-15H,5,12-13H2,1-4H3/t15-/m1/s1. The van der Waals surface area contributed by atoms with Crippen LogP contribution in [0.25, 0.3) is 11.4 Å². The van der Waals surface area contributed by atoms with E-state index >= 15 is 0 Å². The van der Waals surface area contributed by atoms with E-state index in [9.17, 15) is 4.79 Å². The van der Waals surface area contributed by atoms with Gasteiger partial charge in [-0.2, -0.15) is 4.98 Å². The second-order valence-corrected chi connectivity index (χ2v) is 7.47. The average molecular weight is 444 g/mol. The molecular weight excluding hydrogens is 418 g/mol. The van der Waals surface area contributed by atoms with Crippen LogP contribution in [0, 0.1) is 0 Å². The van der Waals surface area contributed by atoms with Crippen LogP contribution in [0.5, 0.6) is 11.5 Å². The number of benzene rings is 2. The minimum atomic E-state index is -0.112. The average Bonchev–Trinajstić information content (AvgIpc) is 3.27. The van der Waals surface area contributed by atoms with Crippen molar-refractivity contribution in [3.05, 3.63) is 58.9 Å². The van der Waals surface area contributed by atoms with E-state index in [1.807, 2.05) is 19.9 Å². The molecule has 31 heavy (non-hydrogen) atoms. The van der Waals surface area contributed by atoms with Gasteiger partial charge in [0, 0.05) is 24.6 Å². The highest BCUT2D eigenvalue weighted by molar-refractivity contribution is 6.33. The van der Waals surface area contributed by atoms with E-state index in [0.717, 1.165) is 12.0 Å². The van der Waals surface area contributed by atoms with Gasteiger partial charge >= 0.3 is 0 Å². The Balaban J connectivity index is 1.75. The molecule has 3 aromatic rings. The Labute approximate surface area is 186 Å². The van der Waals surface area contributed by atoms with E-state index in [1.54, 1.807) is 55.5 Å². The van der Waals surface area contributed by atoms with Gasteiger partial charge in [0.1, 0.15) is 0 Å². The van der Waals surface area contributed by atoms with Crippen molar-refractivity contribution in [2.75, 3.05) is 20.8 Å². The Morgan fingerprint density at radius 3 is 2.58 bits per heavy atom. The Bertz CT molecular complexity index is 1040. The molecule has 1 aromatic heterocycles. The highest BCUT2D eigenvalue weighted by Gasteiger charge is 2.23. The van der Waals surface area contributed by atoms with E-state index < -0.39 is 0 Å². The van der Waals surface area contributed by atoms with E-state index in [1.165, 1.54) is 0 Å². The predicted molar refractivity (Wildman–Crippen MR) is 119 cm³/mol. The number of methoxy groups -OCH3 is 2. The van der Waals surface area contributed by atoms with Crippen LogP contribution in [0.4, 0.5) is 0 Å². The van der Waals surface area contributed by atoms with Crippen molar-refractivity contribution >= 4 is 17.5 Å². The number of hydrogen-bond acceptors (Lipinski definition) is 6. The van der Waals surface area contributed by atoms with Gasteiger partial charge in [-0.3, -0.25) is 4.79 Å². The summed E-state index contributed by atoms with van der Waals surface area (Å²) in [5.41, 5.74) is 1.24. The largest absolute Gasteiger partial charge is 0.493 e. The summed E-state index contributed by atoms with van der Waals surface area (Å²) < 4.78 is 16.0. The summed E-state index contributed by atoms with van der Waals surface area (Å²) in [6.07, 6.45) is 1.25. The van der Waals surface area contributed by atoms with Gasteiger partial charge < -0.3 is 18.9 Å². The zero-order chi connectivity index (χ0) is 22.4. The lowest BCUT2D eigenvalue weighted by Crippen LogP contribution is -2.40. The van der Waals surface area contributed by atoms with Crippen LogP contribution in [0.3, 0.4) is 0 Å². The second kappa shape index (κ2) is 10.3. The van der Waals surface area contributed by atoms with Crippen LogP contribution in [0.15, 0.2) is 47.0 Å². The van der Waals surface area contributed by atoms with Gasteiger partial charge in [-0.25, -0.2) is 0 Å². The van der Waals surface area contributed by atoms with Crippen molar-refractivity contribution in [1.29, 1.82) is 0 Å². The smallest absolute Gasteiger partial charge is 0.255 e. The van der Waals surface area contributed by atoms with Crippen LogP contribution >= 0.6 is 11.6 Å². The van der Waals surface area contributed by atoms with Crippen molar-refractivity contribution < 1.29 is 18.8 Å². The van der Waals surface area contributed by atoms with Crippen LogP contribution < -0.4 is 9.47 Å². The van der Waals surface area contributed by atoms with E-state index in [2.05, 4.69) is 10.1 Å². The maximum absolute atomic E-state index is 13.1. The minimum absolute atomic E-state index is 0.0389. The lowest BCUT2D eigenvalue weighted by molar-refractivity contribution is 0.0686. The van der Waals surface area contributed by atoms with Gasteiger partial charge in [0.25, 0.3) is 5.91 Å². The number of nitrogens with zero attached hydrogens (tertiary/aromatic N) is 3. The first-order valence-electron chi connectivity index (χ1n) is 10.1. The van der Waals surface area contributed by atoms with E-state index in [4.69, 9.17) is 25.6 Å². The zero-order valence-electron chi connectivity index (χ0n) is 18.1. The molecule has 0 saturated carbocycles. The number of rotatable bonds is 9. The fourth-order valence-corrected chi connectivity index (χ4v) is 3.41. The summed E-state index contributed by atoms with van der Waals surface area (Å²) in [5.74, 6) is 1.99. The highest BCUT2D eigenvalue weighted by Crippen LogP contribution is 2.31. The number of hydrogen-bond donors (Lipinski definition) is 0. The topological polar surface area (TPSA) is 77.7 Å². The fraction of sp³-hybridized carbons (Fsp3) is 0.348. The molecule has 164 valence electrons. The molecule has 1 amide bonds. The molecule has 1 atom stereocenters. The monoisotopic (exact) mass is 443 g/mol. The molecule has 7 nitrogen and oxygen atoms in total. The second-order valence-electron chi connectivity index (χ2n) is 7.07. The van der Waals surface area contributed by atoms with Crippen molar-refractivity contribution in [2.45, 2.75) is 32.7 Å². The maximum Gasteiger partial charge on any atom is 0.255 e. The first kappa shape index (κ1) is 22.6. The summed E-state index contributed by atoms with van der Waals surface area (Å²) in [7, 11) is 3.15. The van der Waals surface area contributed by atoms with E-state index in [-0.39, 0.29) is 11.9 Å². The molecule has 0 aliphatic heterocycles. The summed E-state index contributed by atoms with van der Waals surface area (Å²) in [5, 5.41) is 4.51. The molecule has 0 spiro atoms. The summed E-state index contributed by atoms with van der Waals surface area (Å²) in [6, 6.07) is 12.5. The molecule has 0 fully saturated rings. The number of amides is 1. The van der Waals surface area contributed by atoms with Gasteiger partial charge in [-0.05, 0) is 43.7 Å². The molecule has 0 saturated heterocycles. The molecule has 0 bridgehead atoms. The van der Waals surface area contributed by atoms with Crippen molar-refractivity contribution in [2.24, 2.45) is 0 Å². The van der Waals surface area contributed by atoms with Gasteiger partial charge in [0.2, 0.25) is 11.7 Å². The normalized spacial score (nSPS) is 11.8. The van der Waals surface area contributed by atoms with Gasteiger partial charge in [0.05, 0.1) is 24.8 Å². The SMILES string of the molecule is CC[C@@H](C)N(CCc1nc(-c2ccc(OC)c(OC)c2)no1)C(=O)c1ccccc1Cl. The molecule has 0 aliphatic carbocycles. The van der Waals surface area contributed by atoms with E-state index in [0.29, 0.717) is 46.8 Å². The quantitative estimate of drug-likeness (QED) is 0.468. The van der Waals surface area contributed by atoms with Crippen LogP contribution in [-0.2, 0) is 6.42 Å². The number of carbonyl (C=O) groups excluding carboxylic acids is 1. The summed E-state index contributed by atoms with van der Waals surface area (Å²) in [6.45, 7) is 4.49. The lowest BCUT2D eigenvalue weighted by atomic mass is 10.1. The lowest BCUT2D eigenvalue weighted by Gasteiger charge is -2.28. The highest BCUT2D eigenvalue weighted by atomic mass is 35.5. The number of aromatic nitrogens is 2. The first-order chi connectivity index (χ1) is 15.0. The molecule has 0 radical (unpaired) electrons. The Kier molecular flexibility index (Phi) is 7.52. The van der Waals surface area contributed by atoms with Gasteiger partial charge in [0.15, 0.2) is 11.5 Å². The fourth-order valence-electron chi connectivity index (χ4n) is 3.20. The predicted octanol–water partition coefficient (Wildman–Crippen LogP) is 4.89. The summed E-state index contributed by atoms with van der Waals surface area (Å²) >= 11 is 6.24. The van der Waals surface area contributed by atoms with Crippen molar-refractivity contribution in [3.63, 3.8) is 0 Å². The zero-order valence-corrected chi connectivity index (χ0v) is 18.8. The van der Waals surface area contributed by atoms with Gasteiger partial charge in [-0.15, -0.1) is 0 Å². The molecule has 0 N–H and O–H groups in total. The van der Waals surface area contributed by atoms with Crippen molar-refractivity contribution in [3.8, 4) is 22.9 Å². The molecule has 0 aliphatic rings. The van der Waals surface area contributed by atoms with Crippen molar-refractivity contribution in [1.82, 2.24) is 15.0 Å². The number of ether oxygens (including phenoxy) is 2. The number of carbonyl (C=O) groups is 1. The Morgan fingerprint density at radius 1 is 1.16 bits per heavy atom. The van der Waals surface area contributed by atoms with Gasteiger partial charge in [-0.1, -0.05) is 35.8 Å². The molecule has 3 rings (SSSR count). The van der Waals surface area contributed by atoms with Crippen LogP contribution in [0.2, 0.25) is 5.02 Å². The Hall–Kier alpha value is -3.06. The van der Waals surface area contributed by atoms with Crippen LogP contribution in [0.1, 0.15) is 36.5 Å². The minimum Gasteiger partial charge on any atom is -0.493 e. The third-order valence-corrected chi connectivity index (χ3v) is 5.49. The molecule has 8 heteroatoms.